The number of rotatable bonds is 4. The maximum atomic E-state index is 12.7. The van der Waals surface area contributed by atoms with Crippen LogP contribution in [0.4, 0.5) is 14.5 Å². The lowest BCUT2D eigenvalue weighted by molar-refractivity contribution is -0.117. The average molecular weight is 318 g/mol. The summed E-state index contributed by atoms with van der Waals surface area (Å²) in [5.74, 6) is -0.394. The van der Waals surface area contributed by atoms with Crippen molar-refractivity contribution in [2.24, 2.45) is 7.05 Å². The quantitative estimate of drug-likeness (QED) is 0.942. The Kier molecular flexibility index (Phi) is 4.26. The number of amides is 1. The molecule has 0 aromatic carbocycles. The third kappa shape index (κ3) is 3.05. The van der Waals surface area contributed by atoms with E-state index in [1.807, 2.05) is 0 Å². The summed E-state index contributed by atoms with van der Waals surface area (Å²) in [5, 5.41) is 10.2. The molecule has 2 heterocycles. The molecule has 1 amide bonds. The average Bonchev–Trinajstić information content (AvgIpc) is 2.87. The Hall–Kier alpha value is -1.96. The van der Waals surface area contributed by atoms with E-state index in [9.17, 15) is 13.6 Å². The van der Waals surface area contributed by atoms with Crippen LogP contribution < -0.4 is 5.32 Å². The monoisotopic (exact) mass is 317 g/mol. The van der Waals surface area contributed by atoms with Crippen LogP contribution in [0.15, 0.2) is 6.20 Å². The number of aromatic nitrogens is 4. The van der Waals surface area contributed by atoms with Crippen LogP contribution in [0, 0.1) is 13.8 Å². The molecule has 9 heteroatoms. The molecule has 0 unspecified atom stereocenters. The van der Waals surface area contributed by atoms with Crippen LogP contribution >= 0.6 is 11.6 Å². The van der Waals surface area contributed by atoms with Crippen molar-refractivity contribution in [3.63, 3.8) is 0 Å². The van der Waals surface area contributed by atoms with Gasteiger partial charge < -0.3 is 5.32 Å². The van der Waals surface area contributed by atoms with Crippen LogP contribution in [0.2, 0.25) is 5.02 Å². The number of anilines is 1. The lowest BCUT2D eigenvalue weighted by atomic mass is 10.3. The highest BCUT2D eigenvalue weighted by molar-refractivity contribution is 6.31. The minimum absolute atomic E-state index is 0.115. The minimum Gasteiger partial charge on any atom is -0.322 e. The van der Waals surface area contributed by atoms with Gasteiger partial charge in [0.15, 0.2) is 0 Å². The summed E-state index contributed by atoms with van der Waals surface area (Å²) in [7, 11) is 1.75. The predicted molar refractivity (Wildman–Crippen MR) is 73.5 cm³/mol. The van der Waals surface area contributed by atoms with E-state index in [0.29, 0.717) is 11.4 Å². The summed E-state index contributed by atoms with van der Waals surface area (Å²) in [5.41, 5.74) is 1.16. The maximum absolute atomic E-state index is 12.7. The molecule has 2 aromatic rings. The zero-order chi connectivity index (χ0) is 15.7. The SMILES string of the molecule is Cc1c(NC(=O)Cn2nc(C(F)F)c(Cl)c2C)cnn1C. The van der Waals surface area contributed by atoms with E-state index in [0.717, 1.165) is 10.4 Å². The molecule has 0 saturated heterocycles. The molecule has 2 aromatic heterocycles. The predicted octanol–water partition coefficient (Wildman–Crippen LogP) is 2.46. The molecule has 6 nitrogen and oxygen atoms in total. The molecule has 0 atom stereocenters. The van der Waals surface area contributed by atoms with Crippen LogP contribution in [0.5, 0.6) is 0 Å². The molecular formula is C12H14ClF2N5O. The number of carbonyl (C=O) groups is 1. The Bertz CT molecular complexity index is 679. The van der Waals surface area contributed by atoms with Crippen molar-refractivity contribution >= 4 is 23.2 Å². The van der Waals surface area contributed by atoms with Gasteiger partial charge >= 0.3 is 0 Å². The van der Waals surface area contributed by atoms with Crippen molar-refractivity contribution in [1.29, 1.82) is 0 Å². The van der Waals surface area contributed by atoms with Gasteiger partial charge in [-0.05, 0) is 13.8 Å². The van der Waals surface area contributed by atoms with E-state index in [1.54, 1.807) is 18.7 Å². The topological polar surface area (TPSA) is 64.7 Å². The van der Waals surface area contributed by atoms with E-state index in [2.05, 4.69) is 15.5 Å². The number of nitrogens with zero attached hydrogens (tertiary/aromatic N) is 4. The van der Waals surface area contributed by atoms with E-state index in [-0.39, 0.29) is 11.6 Å². The number of aryl methyl sites for hydroxylation is 1. The van der Waals surface area contributed by atoms with Gasteiger partial charge in [0.05, 0.1) is 28.3 Å². The Morgan fingerprint density at radius 3 is 2.57 bits per heavy atom. The zero-order valence-corrected chi connectivity index (χ0v) is 12.4. The van der Waals surface area contributed by atoms with E-state index in [4.69, 9.17) is 11.6 Å². The second-order valence-electron chi connectivity index (χ2n) is 4.56. The van der Waals surface area contributed by atoms with Gasteiger partial charge in [0.2, 0.25) is 5.91 Å². The van der Waals surface area contributed by atoms with Crippen LogP contribution in [0.25, 0.3) is 0 Å². The van der Waals surface area contributed by atoms with Crippen LogP contribution in [0.3, 0.4) is 0 Å². The van der Waals surface area contributed by atoms with Crippen LogP contribution in [-0.2, 0) is 18.4 Å². The van der Waals surface area contributed by atoms with Gasteiger partial charge in [0, 0.05) is 7.05 Å². The summed E-state index contributed by atoms with van der Waals surface area (Å²) in [6.07, 6.45) is -1.26. The molecule has 1 N–H and O–H groups in total. The van der Waals surface area contributed by atoms with Gasteiger partial charge in [-0.1, -0.05) is 11.6 Å². The molecule has 0 aliphatic carbocycles. The Balaban J connectivity index is 2.13. The van der Waals surface area contributed by atoms with Crippen LogP contribution in [-0.4, -0.2) is 25.5 Å². The minimum atomic E-state index is -2.78. The van der Waals surface area contributed by atoms with Crippen molar-refractivity contribution in [3.05, 3.63) is 28.3 Å². The van der Waals surface area contributed by atoms with Gasteiger partial charge in [0.1, 0.15) is 12.2 Å². The van der Waals surface area contributed by atoms with Crippen molar-refractivity contribution < 1.29 is 13.6 Å². The number of hydrogen-bond donors (Lipinski definition) is 1. The Morgan fingerprint density at radius 1 is 1.43 bits per heavy atom. The number of hydrogen-bond acceptors (Lipinski definition) is 3. The van der Waals surface area contributed by atoms with Crippen molar-refractivity contribution in [2.75, 3.05) is 5.32 Å². The van der Waals surface area contributed by atoms with E-state index in [1.165, 1.54) is 13.1 Å². The summed E-state index contributed by atoms with van der Waals surface area (Å²) >= 11 is 5.77. The van der Waals surface area contributed by atoms with Crippen molar-refractivity contribution in [1.82, 2.24) is 19.6 Å². The second-order valence-corrected chi connectivity index (χ2v) is 4.94. The molecule has 0 spiro atoms. The first-order valence-corrected chi connectivity index (χ1v) is 6.48. The molecule has 0 saturated carbocycles. The van der Waals surface area contributed by atoms with Gasteiger partial charge in [-0.25, -0.2) is 8.78 Å². The second kappa shape index (κ2) is 5.80. The number of halogens is 3. The maximum Gasteiger partial charge on any atom is 0.283 e. The highest BCUT2D eigenvalue weighted by Gasteiger charge is 2.21. The summed E-state index contributed by atoms with van der Waals surface area (Å²) < 4.78 is 28.1. The molecule has 0 fully saturated rings. The number of alkyl halides is 2. The fourth-order valence-electron chi connectivity index (χ4n) is 1.79. The zero-order valence-electron chi connectivity index (χ0n) is 11.7. The third-order valence-corrected chi connectivity index (χ3v) is 3.63. The molecular weight excluding hydrogens is 304 g/mol. The third-order valence-electron chi connectivity index (χ3n) is 3.17. The lowest BCUT2D eigenvalue weighted by Crippen LogP contribution is -2.20. The largest absolute Gasteiger partial charge is 0.322 e. The first-order chi connectivity index (χ1) is 9.81. The fourth-order valence-corrected chi connectivity index (χ4v) is 2.01. The number of nitrogens with one attached hydrogen (secondary N) is 1. The lowest BCUT2D eigenvalue weighted by Gasteiger charge is -2.06. The highest BCUT2D eigenvalue weighted by Crippen LogP contribution is 2.28. The Morgan fingerprint density at radius 2 is 2.10 bits per heavy atom. The van der Waals surface area contributed by atoms with Gasteiger partial charge in [-0.15, -0.1) is 0 Å². The van der Waals surface area contributed by atoms with Crippen molar-refractivity contribution in [2.45, 2.75) is 26.8 Å². The van der Waals surface area contributed by atoms with Crippen molar-refractivity contribution in [3.8, 4) is 0 Å². The van der Waals surface area contributed by atoms with Gasteiger partial charge in [0.25, 0.3) is 6.43 Å². The first-order valence-electron chi connectivity index (χ1n) is 6.10. The molecule has 21 heavy (non-hydrogen) atoms. The molecule has 114 valence electrons. The molecule has 0 aliphatic heterocycles. The van der Waals surface area contributed by atoms with Crippen LogP contribution in [0.1, 0.15) is 23.5 Å². The standard InChI is InChI=1S/C12H14ClF2N5O/c1-6-8(4-16-19(6)3)17-9(21)5-20-7(2)10(13)11(18-20)12(14)15/h4,12H,5H2,1-3H3,(H,17,21). The smallest absolute Gasteiger partial charge is 0.283 e. The highest BCUT2D eigenvalue weighted by atomic mass is 35.5. The molecule has 0 aliphatic rings. The fraction of sp³-hybridized carbons (Fsp3) is 0.417. The number of carbonyl (C=O) groups excluding carboxylic acids is 1. The van der Waals surface area contributed by atoms with E-state index >= 15 is 0 Å². The summed E-state index contributed by atoms with van der Waals surface area (Å²) in [6.45, 7) is 3.13. The van der Waals surface area contributed by atoms with Gasteiger partial charge in [-0.2, -0.15) is 10.2 Å². The molecule has 0 radical (unpaired) electrons. The first kappa shape index (κ1) is 15.4. The van der Waals surface area contributed by atoms with Gasteiger partial charge in [-0.3, -0.25) is 14.2 Å². The summed E-state index contributed by atoms with van der Waals surface area (Å²) in [6, 6.07) is 0. The Labute approximate surface area is 124 Å². The normalized spacial score (nSPS) is 11.2. The molecule has 0 bridgehead atoms. The molecule has 2 rings (SSSR count). The summed E-state index contributed by atoms with van der Waals surface area (Å²) in [4.78, 5) is 11.9. The van der Waals surface area contributed by atoms with E-state index < -0.39 is 18.0 Å².